The molecule has 1 aliphatic rings. The Hall–Kier alpha value is -2.35. The van der Waals surface area contributed by atoms with Crippen LogP contribution in [0.5, 0.6) is 0 Å². The quantitative estimate of drug-likeness (QED) is 0.805. The van der Waals surface area contributed by atoms with Gasteiger partial charge in [0.25, 0.3) is 0 Å². The van der Waals surface area contributed by atoms with E-state index in [2.05, 4.69) is 25.2 Å². The number of nitrogens with one attached hydrogen (secondary N) is 1. The maximum Gasteiger partial charge on any atom is 0.227 e. The van der Waals surface area contributed by atoms with Gasteiger partial charge in [0.1, 0.15) is 0 Å². The molecule has 5 heteroatoms. The second-order valence-corrected chi connectivity index (χ2v) is 7.05. The van der Waals surface area contributed by atoms with Crippen molar-refractivity contribution in [1.29, 1.82) is 5.26 Å². The van der Waals surface area contributed by atoms with Crippen LogP contribution in [-0.2, 0) is 9.59 Å². The van der Waals surface area contributed by atoms with Crippen molar-refractivity contribution < 1.29 is 9.59 Å². The molecule has 1 aromatic rings. The minimum Gasteiger partial charge on any atom is -0.342 e. The second kappa shape index (κ2) is 9.96. The van der Waals surface area contributed by atoms with Gasteiger partial charge >= 0.3 is 0 Å². The van der Waals surface area contributed by atoms with Crippen molar-refractivity contribution in [3.63, 3.8) is 0 Å². The molecule has 1 saturated carbocycles. The van der Waals surface area contributed by atoms with E-state index in [4.69, 9.17) is 5.26 Å². The Balaban J connectivity index is 1.85. The van der Waals surface area contributed by atoms with Crippen LogP contribution < -0.4 is 5.32 Å². The fraction of sp³-hybridized carbons (Fsp3) is 0.571. The second-order valence-electron chi connectivity index (χ2n) is 7.05. The number of nitriles is 1. The summed E-state index contributed by atoms with van der Waals surface area (Å²) < 4.78 is 0. The number of carbonyl (C=O) groups is 2. The number of benzene rings is 1. The zero-order valence-electron chi connectivity index (χ0n) is 15.8. The first-order chi connectivity index (χ1) is 12.6. The summed E-state index contributed by atoms with van der Waals surface area (Å²) in [5, 5.41) is 11.7. The average Bonchev–Trinajstić information content (AvgIpc) is 2.68. The van der Waals surface area contributed by atoms with E-state index in [-0.39, 0.29) is 23.7 Å². The summed E-state index contributed by atoms with van der Waals surface area (Å²) in [5.41, 5.74) is 1.29. The van der Waals surface area contributed by atoms with E-state index in [0.29, 0.717) is 11.3 Å². The number of amides is 2. The highest BCUT2D eigenvalue weighted by molar-refractivity contribution is 5.92. The van der Waals surface area contributed by atoms with Crippen LogP contribution in [0.25, 0.3) is 0 Å². The third-order valence-corrected chi connectivity index (χ3v) is 5.03. The third kappa shape index (κ3) is 5.32. The molecule has 0 unspecified atom stereocenters. The fourth-order valence-corrected chi connectivity index (χ4v) is 3.61. The Bertz CT molecular complexity index is 634. The fourth-order valence-electron chi connectivity index (χ4n) is 3.61. The molecule has 0 heterocycles. The van der Waals surface area contributed by atoms with Gasteiger partial charge in [-0.2, -0.15) is 5.26 Å². The number of rotatable bonds is 7. The number of hydrogen-bond donors (Lipinski definition) is 1. The minimum atomic E-state index is -0.0412. The highest BCUT2D eigenvalue weighted by Crippen LogP contribution is 2.31. The molecule has 2 amide bonds. The van der Waals surface area contributed by atoms with Crippen LogP contribution in [0.4, 0.5) is 5.69 Å². The molecule has 1 N–H and O–H groups in total. The van der Waals surface area contributed by atoms with E-state index in [0.717, 1.165) is 51.6 Å². The maximum absolute atomic E-state index is 12.7. The lowest BCUT2D eigenvalue weighted by molar-refractivity contribution is -0.138. The molecule has 0 saturated heterocycles. The molecule has 0 radical (unpaired) electrons. The zero-order chi connectivity index (χ0) is 18.9. The van der Waals surface area contributed by atoms with E-state index < -0.39 is 0 Å². The zero-order valence-corrected chi connectivity index (χ0v) is 15.8. The van der Waals surface area contributed by atoms with Crippen molar-refractivity contribution in [2.24, 2.45) is 11.8 Å². The first kappa shape index (κ1) is 20.0. The number of carbonyl (C=O) groups excluding carboxylic acids is 2. The summed E-state index contributed by atoms with van der Waals surface area (Å²) in [6.07, 6.45) is 5.04. The monoisotopic (exact) mass is 355 g/mol. The largest absolute Gasteiger partial charge is 0.342 e. The Morgan fingerprint density at radius 3 is 2.08 bits per heavy atom. The molecule has 0 bridgehead atoms. The molecule has 5 nitrogen and oxygen atoms in total. The van der Waals surface area contributed by atoms with Crippen LogP contribution >= 0.6 is 0 Å². The van der Waals surface area contributed by atoms with Gasteiger partial charge < -0.3 is 10.2 Å². The molecule has 0 spiro atoms. The average molecular weight is 355 g/mol. The highest BCUT2D eigenvalue weighted by atomic mass is 16.2. The minimum absolute atomic E-state index is 0.0135. The lowest BCUT2D eigenvalue weighted by Gasteiger charge is -2.31. The SMILES string of the molecule is CCCN(CCC)C(=O)C1CCC(C(=O)Nc2ccc(C#N)cc2)CC1. The van der Waals surface area contributed by atoms with Crippen LogP contribution in [-0.4, -0.2) is 29.8 Å². The Morgan fingerprint density at radius 2 is 1.58 bits per heavy atom. The predicted octanol–water partition coefficient (Wildman–Crippen LogP) is 3.95. The first-order valence-corrected chi connectivity index (χ1v) is 9.68. The van der Waals surface area contributed by atoms with E-state index in [1.165, 1.54) is 0 Å². The standard InChI is InChI=1S/C21H29N3O2/c1-3-13-24(14-4-2)21(26)18-9-7-17(8-10-18)20(25)23-19-11-5-16(15-22)6-12-19/h5-6,11-12,17-18H,3-4,7-10,13-14H2,1-2H3,(H,23,25). The van der Waals surface area contributed by atoms with Gasteiger partial charge in [0, 0.05) is 30.6 Å². The van der Waals surface area contributed by atoms with E-state index in [1.807, 2.05) is 4.90 Å². The third-order valence-electron chi connectivity index (χ3n) is 5.03. The van der Waals surface area contributed by atoms with E-state index in [1.54, 1.807) is 24.3 Å². The molecule has 0 aromatic heterocycles. The van der Waals surface area contributed by atoms with Gasteiger partial charge in [-0.15, -0.1) is 0 Å². The Kier molecular flexibility index (Phi) is 7.65. The molecule has 2 rings (SSSR count). The van der Waals surface area contributed by atoms with Crippen LogP contribution in [0, 0.1) is 23.2 Å². The summed E-state index contributed by atoms with van der Waals surface area (Å²) in [6, 6.07) is 8.95. The summed E-state index contributed by atoms with van der Waals surface area (Å²) >= 11 is 0. The van der Waals surface area contributed by atoms with Gasteiger partial charge in [-0.25, -0.2) is 0 Å². The molecule has 1 aliphatic carbocycles. The normalized spacial score (nSPS) is 19.4. The molecule has 0 atom stereocenters. The molecule has 0 aliphatic heterocycles. The van der Waals surface area contributed by atoms with Crippen molar-refractivity contribution in [2.45, 2.75) is 52.4 Å². The van der Waals surface area contributed by atoms with Crippen LogP contribution in [0.2, 0.25) is 0 Å². The summed E-state index contributed by atoms with van der Waals surface area (Å²) in [4.78, 5) is 27.2. The van der Waals surface area contributed by atoms with Gasteiger partial charge in [-0.3, -0.25) is 9.59 Å². The molecule has 1 aromatic carbocycles. The first-order valence-electron chi connectivity index (χ1n) is 9.68. The maximum atomic E-state index is 12.7. The Morgan fingerprint density at radius 1 is 1.04 bits per heavy atom. The number of nitrogens with zero attached hydrogens (tertiary/aromatic N) is 2. The smallest absolute Gasteiger partial charge is 0.227 e. The number of anilines is 1. The molecular formula is C21H29N3O2. The molecule has 26 heavy (non-hydrogen) atoms. The molecule has 140 valence electrons. The summed E-state index contributed by atoms with van der Waals surface area (Å²) in [7, 11) is 0. The number of hydrogen-bond acceptors (Lipinski definition) is 3. The van der Waals surface area contributed by atoms with Crippen LogP contribution in [0.1, 0.15) is 57.9 Å². The van der Waals surface area contributed by atoms with E-state index >= 15 is 0 Å². The summed E-state index contributed by atoms with van der Waals surface area (Å²) in [5.74, 6) is 0.298. The Labute approximate surface area is 156 Å². The van der Waals surface area contributed by atoms with Gasteiger partial charge in [0.15, 0.2) is 0 Å². The van der Waals surface area contributed by atoms with Crippen molar-refractivity contribution in [3.8, 4) is 6.07 Å². The topological polar surface area (TPSA) is 73.2 Å². The highest BCUT2D eigenvalue weighted by Gasteiger charge is 2.31. The molecule has 1 fully saturated rings. The lowest BCUT2D eigenvalue weighted by atomic mass is 9.80. The van der Waals surface area contributed by atoms with Gasteiger partial charge in [-0.05, 0) is 62.8 Å². The van der Waals surface area contributed by atoms with Crippen molar-refractivity contribution in [1.82, 2.24) is 4.90 Å². The van der Waals surface area contributed by atoms with E-state index in [9.17, 15) is 9.59 Å². The summed E-state index contributed by atoms with van der Waals surface area (Å²) in [6.45, 7) is 5.85. The predicted molar refractivity (Wildman–Crippen MR) is 102 cm³/mol. The molecular weight excluding hydrogens is 326 g/mol. The van der Waals surface area contributed by atoms with Crippen LogP contribution in [0.15, 0.2) is 24.3 Å². The van der Waals surface area contributed by atoms with Crippen molar-refractivity contribution in [2.75, 3.05) is 18.4 Å². The van der Waals surface area contributed by atoms with Crippen molar-refractivity contribution >= 4 is 17.5 Å². The van der Waals surface area contributed by atoms with Crippen molar-refractivity contribution in [3.05, 3.63) is 29.8 Å². The van der Waals surface area contributed by atoms with Gasteiger partial charge in [-0.1, -0.05) is 13.8 Å². The van der Waals surface area contributed by atoms with Gasteiger partial charge in [0.05, 0.1) is 11.6 Å². The van der Waals surface area contributed by atoms with Crippen LogP contribution in [0.3, 0.4) is 0 Å². The van der Waals surface area contributed by atoms with Gasteiger partial charge in [0.2, 0.25) is 11.8 Å². The lowest BCUT2D eigenvalue weighted by Crippen LogP contribution is -2.39.